The third-order valence-corrected chi connectivity index (χ3v) is 8.66. The normalized spacial score (nSPS) is 39.3. The molecule has 1 aliphatic heterocycles. The molecule has 2 heterocycles. The molecular weight excluding hydrogens is 400 g/mol. The van der Waals surface area contributed by atoms with Gasteiger partial charge in [-0.15, -0.1) is 0 Å². The molecule has 6 heteroatoms. The van der Waals surface area contributed by atoms with Crippen LogP contribution in [0.5, 0.6) is 0 Å². The Morgan fingerprint density at radius 3 is 2.67 bits per heavy atom. The van der Waals surface area contributed by atoms with E-state index in [-0.39, 0.29) is 17.4 Å². The Balaban J connectivity index is 1.26. The van der Waals surface area contributed by atoms with Gasteiger partial charge in [0.1, 0.15) is 0 Å². The van der Waals surface area contributed by atoms with Crippen molar-refractivity contribution in [1.29, 1.82) is 0 Å². The number of amides is 1. The van der Waals surface area contributed by atoms with Crippen LogP contribution in [0.3, 0.4) is 0 Å². The summed E-state index contributed by atoms with van der Waals surface area (Å²) < 4.78 is 5.41. The van der Waals surface area contributed by atoms with Gasteiger partial charge in [-0.3, -0.25) is 4.79 Å². The van der Waals surface area contributed by atoms with Crippen molar-refractivity contribution in [2.24, 2.45) is 17.3 Å². The average molecular weight is 429 g/mol. The predicted molar refractivity (Wildman–Crippen MR) is 115 cm³/mol. The van der Waals surface area contributed by atoms with E-state index < -0.39 is 11.2 Å². The summed E-state index contributed by atoms with van der Waals surface area (Å²) in [6.45, 7) is 1.16. The van der Waals surface area contributed by atoms with Gasteiger partial charge in [0, 0.05) is 23.6 Å². The fraction of sp³-hybridized carbons (Fsp3) is 0.625. The number of alkyl halides is 1. The zero-order valence-corrected chi connectivity index (χ0v) is 17.9. The number of benzene rings is 1. The van der Waals surface area contributed by atoms with Crippen molar-refractivity contribution in [2.75, 3.05) is 13.2 Å². The minimum atomic E-state index is -0.468. The fourth-order valence-electron chi connectivity index (χ4n) is 7.36. The van der Waals surface area contributed by atoms with E-state index in [0.717, 1.165) is 36.6 Å². The summed E-state index contributed by atoms with van der Waals surface area (Å²) >= 11 is 6.35. The van der Waals surface area contributed by atoms with Gasteiger partial charge in [0.15, 0.2) is 5.56 Å². The molecule has 4 atom stereocenters. The number of aromatic amines is 1. The van der Waals surface area contributed by atoms with E-state index in [1.54, 1.807) is 0 Å². The lowest BCUT2D eigenvalue weighted by molar-refractivity contribution is -0.168. The number of H-pyrrole nitrogens is 1. The minimum Gasteiger partial charge on any atom is -0.390 e. The second kappa shape index (κ2) is 6.72. The van der Waals surface area contributed by atoms with Crippen LogP contribution in [0.2, 0.25) is 0 Å². The number of aliphatic hydroxyl groups is 1. The topological polar surface area (TPSA) is 65.6 Å². The van der Waals surface area contributed by atoms with Crippen molar-refractivity contribution >= 4 is 28.4 Å². The van der Waals surface area contributed by atoms with Crippen LogP contribution in [0, 0.1) is 17.3 Å². The van der Waals surface area contributed by atoms with Gasteiger partial charge in [0.25, 0.3) is 5.91 Å². The van der Waals surface area contributed by atoms with E-state index >= 15 is 0 Å². The number of nitrogens with one attached hydrogen (secondary N) is 1. The van der Waals surface area contributed by atoms with Crippen molar-refractivity contribution < 1.29 is 14.6 Å². The largest absolute Gasteiger partial charge is 0.390 e. The SMILES string of the molecule is O=C(c1c[nH]c2ccccc12)N(CCC12CC3CC(CC(O)(C3)C1)C2)C1COC1Cl. The molecule has 4 aliphatic carbocycles. The molecule has 4 unspecified atom stereocenters. The fourth-order valence-corrected chi connectivity index (χ4v) is 7.64. The Morgan fingerprint density at radius 2 is 2.00 bits per heavy atom. The summed E-state index contributed by atoms with van der Waals surface area (Å²) in [5.41, 5.74) is 0.926. The van der Waals surface area contributed by atoms with Crippen LogP contribution in [0.4, 0.5) is 0 Å². The Hall–Kier alpha value is -1.56. The lowest BCUT2D eigenvalue weighted by atomic mass is 9.47. The third kappa shape index (κ3) is 3.01. The molecule has 1 aromatic heterocycles. The zero-order chi connectivity index (χ0) is 20.5. The highest BCUT2D eigenvalue weighted by Gasteiger charge is 2.57. The number of hydrogen-bond donors (Lipinski definition) is 2. The van der Waals surface area contributed by atoms with Crippen molar-refractivity contribution in [2.45, 2.75) is 62.2 Å². The highest BCUT2D eigenvalue weighted by atomic mass is 35.5. The molecule has 7 rings (SSSR count). The summed E-state index contributed by atoms with van der Waals surface area (Å²) in [5.74, 6) is 1.33. The maximum absolute atomic E-state index is 13.6. The van der Waals surface area contributed by atoms with Crippen molar-refractivity contribution in [3.63, 3.8) is 0 Å². The highest BCUT2D eigenvalue weighted by Crippen LogP contribution is 2.62. The molecule has 1 amide bonds. The van der Waals surface area contributed by atoms with E-state index in [1.807, 2.05) is 35.4 Å². The number of para-hydroxylation sites is 1. The van der Waals surface area contributed by atoms with Gasteiger partial charge in [-0.25, -0.2) is 0 Å². The molecule has 4 bridgehead atoms. The van der Waals surface area contributed by atoms with Gasteiger partial charge >= 0.3 is 0 Å². The molecule has 2 N–H and O–H groups in total. The lowest BCUT2D eigenvalue weighted by Crippen LogP contribution is -2.59. The molecule has 2 aromatic rings. The van der Waals surface area contributed by atoms with Crippen molar-refractivity contribution in [3.8, 4) is 0 Å². The third-order valence-electron chi connectivity index (χ3n) is 8.24. The first-order valence-corrected chi connectivity index (χ1v) is 11.7. The van der Waals surface area contributed by atoms with E-state index in [4.69, 9.17) is 16.3 Å². The number of halogens is 1. The molecule has 0 radical (unpaired) electrons. The Morgan fingerprint density at radius 1 is 1.23 bits per heavy atom. The average Bonchev–Trinajstić information content (AvgIpc) is 3.11. The predicted octanol–water partition coefficient (Wildman–Crippen LogP) is 4.30. The van der Waals surface area contributed by atoms with E-state index in [2.05, 4.69) is 4.98 Å². The van der Waals surface area contributed by atoms with Crippen LogP contribution in [0.1, 0.15) is 55.3 Å². The smallest absolute Gasteiger partial charge is 0.256 e. The quantitative estimate of drug-likeness (QED) is 0.698. The first-order chi connectivity index (χ1) is 14.4. The Labute approximate surface area is 181 Å². The molecule has 4 saturated carbocycles. The number of carbonyl (C=O) groups is 1. The monoisotopic (exact) mass is 428 g/mol. The number of aromatic nitrogens is 1. The van der Waals surface area contributed by atoms with Crippen LogP contribution < -0.4 is 0 Å². The number of nitrogens with zero attached hydrogens (tertiary/aromatic N) is 1. The van der Waals surface area contributed by atoms with Gasteiger partial charge in [-0.05, 0) is 68.3 Å². The van der Waals surface area contributed by atoms with Crippen LogP contribution in [-0.4, -0.2) is 51.3 Å². The first-order valence-electron chi connectivity index (χ1n) is 11.3. The summed E-state index contributed by atoms with van der Waals surface area (Å²) in [6, 6.07) is 7.82. The van der Waals surface area contributed by atoms with Crippen LogP contribution in [0.15, 0.2) is 30.5 Å². The van der Waals surface area contributed by atoms with Gasteiger partial charge in [-0.1, -0.05) is 29.8 Å². The van der Waals surface area contributed by atoms with Gasteiger partial charge in [0.05, 0.1) is 23.8 Å². The van der Waals surface area contributed by atoms with Crippen molar-refractivity contribution in [3.05, 3.63) is 36.0 Å². The molecule has 1 aromatic carbocycles. The summed E-state index contributed by atoms with van der Waals surface area (Å²) in [4.78, 5) is 18.8. The number of carbonyl (C=O) groups excluding carboxylic acids is 1. The van der Waals surface area contributed by atoms with Crippen LogP contribution in [-0.2, 0) is 4.74 Å². The Kier molecular flexibility index (Phi) is 4.29. The highest BCUT2D eigenvalue weighted by molar-refractivity contribution is 6.21. The maximum atomic E-state index is 13.6. The molecular formula is C24H29ClN2O3. The molecule has 30 heavy (non-hydrogen) atoms. The number of rotatable bonds is 5. The standard InChI is InChI=1S/C24H29ClN2O3/c25-21-20(13-30-21)27(22(28)18-12-26-19-4-2-1-3-17(18)19)6-5-23-8-15-7-16(9-23)11-24(29,10-15)14-23/h1-4,12,15-16,20-21,26,29H,5-11,13-14H2. The van der Waals surface area contributed by atoms with Gasteiger partial charge < -0.3 is 19.7 Å². The molecule has 5 fully saturated rings. The summed E-state index contributed by atoms with van der Waals surface area (Å²) in [7, 11) is 0. The Bertz CT molecular complexity index is 974. The molecule has 5 aliphatic rings. The van der Waals surface area contributed by atoms with Gasteiger partial charge in [0.2, 0.25) is 0 Å². The first kappa shape index (κ1) is 19.1. The minimum absolute atomic E-state index is 0.0230. The molecule has 160 valence electrons. The van der Waals surface area contributed by atoms with E-state index in [1.165, 1.54) is 19.3 Å². The number of ether oxygens (including phenoxy) is 1. The van der Waals surface area contributed by atoms with E-state index in [9.17, 15) is 9.90 Å². The number of hydrogen-bond acceptors (Lipinski definition) is 3. The van der Waals surface area contributed by atoms with Gasteiger partial charge in [-0.2, -0.15) is 0 Å². The maximum Gasteiger partial charge on any atom is 0.256 e. The lowest BCUT2D eigenvalue weighted by Gasteiger charge is -2.60. The molecule has 5 nitrogen and oxygen atoms in total. The van der Waals surface area contributed by atoms with Crippen LogP contribution in [0.25, 0.3) is 10.9 Å². The second-order valence-corrected chi connectivity index (χ2v) is 10.9. The summed E-state index contributed by atoms with van der Waals surface area (Å²) in [6.07, 6.45) is 9.29. The second-order valence-electron chi connectivity index (χ2n) is 10.4. The molecule has 1 saturated heterocycles. The van der Waals surface area contributed by atoms with Crippen molar-refractivity contribution in [1.82, 2.24) is 9.88 Å². The zero-order valence-electron chi connectivity index (χ0n) is 17.1. The summed E-state index contributed by atoms with van der Waals surface area (Å²) in [5, 5.41) is 12.0. The van der Waals surface area contributed by atoms with E-state index in [0.29, 0.717) is 30.6 Å². The molecule has 0 spiro atoms. The van der Waals surface area contributed by atoms with Crippen LogP contribution >= 0.6 is 11.6 Å². The number of fused-ring (bicyclic) bond motifs is 1.